The molecule has 7 heteroatoms. The number of ether oxygens (including phenoxy) is 2. The summed E-state index contributed by atoms with van der Waals surface area (Å²) in [6.07, 6.45) is 1.18. The highest BCUT2D eigenvalue weighted by atomic mass is 16.5. The molecule has 1 aromatic rings. The van der Waals surface area contributed by atoms with Crippen molar-refractivity contribution in [2.45, 2.75) is 26.2 Å². The highest BCUT2D eigenvalue weighted by Gasteiger charge is 2.26. The first kappa shape index (κ1) is 18.8. The molecule has 0 radical (unpaired) electrons. The topological polar surface area (TPSA) is 98.9 Å². The molecule has 0 bridgehead atoms. The van der Waals surface area contributed by atoms with E-state index < -0.39 is 5.97 Å². The van der Waals surface area contributed by atoms with Crippen LogP contribution in [0.4, 0.5) is 0 Å². The van der Waals surface area contributed by atoms with Crippen molar-refractivity contribution in [2.75, 3.05) is 26.3 Å². The Morgan fingerprint density at radius 1 is 1.24 bits per heavy atom. The highest BCUT2D eigenvalue weighted by Crippen LogP contribution is 2.16. The summed E-state index contributed by atoms with van der Waals surface area (Å²) in [7, 11) is 0. The van der Waals surface area contributed by atoms with Crippen LogP contribution in [0.5, 0.6) is 5.75 Å². The molecule has 7 nitrogen and oxygen atoms in total. The molecule has 1 aromatic carbocycles. The lowest BCUT2D eigenvalue weighted by Crippen LogP contribution is -2.43. The Labute approximate surface area is 147 Å². The van der Waals surface area contributed by atoms with Crippen LogP contribution in [0.2, 0.25) is 0 Å². The second kappa shape index (κ2) is 9.05. The molecule has 0 aromatic heterocycles. The van der Waals surface area contributed by atoms with Crippen LogP contribution in [-0.4, -0.2) is 49.0 Å². The molecule has 1 heterocycles. The number of nitrogens with two attached hydrogens (primary N) is 1. The van der Waals surface area contributed by atoms with E-state index in [2.05, 4.69) is 0 Å². The van der Waals surface area contributed by atoms with Gasteiger partial charge in [-0.25, -0.2) is 0 Å². The van der Waals surface area contributed by atoms with Gasteiger partial charge in [-0.05, 0) is 37.5 Å². The zero-order valence-corrected chi connectivity index (χ0v) is 14.4. The van der Waals surface area contributed by atoms with Gasteiger partial charge >= 0.3 is 5.97 Å². The molecular formula is C18H24N2O5. The maximum Gasteiger partial charge on any atom is 0.309 e. The molecule has 1 aliphatic heterocycles. The molecule has 0 aliphatic carbocycles. The standard InChI is InChI=1S/C18H24N2O5/c1-13-3-2-4-15(11-13)24-10-7-17(22)25-12-16(21)20-8-5-14(6-9-20)18(19)23/h2-4,11,14H,5-10,12H2,1H3,(H2,19,23). The third-order valence-electron chi connectivity index (χ3n) is 4.17. The van der Waals surface area contributed by atoms with Crippen LogP contribution in [0.15, 0.2) is 24.3 Å². The van der Waals surface area contributed by atoms with Gasteiger partial charge in [0.25, 0.3) is 5.91 Å². The van der Waals surface area contributed by atoms with E-state index in [9.17, 15) is 14.4 Å². The SMILES string of the molecule is Cc1cccc(OCCC(=O)OCC(=O)N2CCC(C(N)=O)CC2)c1. The number of aryl methyl sites for hydroxylation is 1. The van der Waals surface area contributed by atoms with E-state index in [4.69, 9.17) is 15.2 Å². The zero-order valence-electron chi connectivity index (χ0n) is 14.4. The van der Waals surface area contributed by atoms with Crippen molar-refractivity contribution in [3.8, 4) is 5.75 Å². The van der Waals surface area contributed by atoms with Crippen LogP contribution in [0.1, 0.15) is 24.8 Å². The fourth-order valence-electron chi connectivity index (χ4n) is 2.68. The second-order valence-electron chi connectivity index (χ2n) is 6.13. The summed E-state index contributed by atoms with van der Waals surface area (Å²) in [4.78, 5) is 36.4. The Balaban J connectivity index is 1.63. The van der Waals surface area contributed by atoms with Gasteiger partial charge in [0.15, 0.2) is 6.61 Å². The monoisotopic (exact) mass is 348 g/mol. The lowest BCUT2D eigenvalue weighted by Gasteiger charge is -2.30. The molecule has 0 spiro atoms. The molecule has 1 fully saturated rings. The summed E-state index contributed by atoms with van der Waals surface area (Å²) < 4.78 is 10.5. The van der Waals surface area contributed by atoms with Gasteiger partial charge in [0.05, 0.1) is 13.0 Å². The van der Waals surface area contributed by atoms with Crippen LogP contribution in [0, 0.1) is 12.8 Å². The summed E-state index contributed by atoms with van der Waals surface area (Å²) in [6, 6.07) is 7.53. The van der Waals surface area contributed by atoms with Gasteiger partial charge in [0.1, 0.15) is 5.75 Å². The number of hydrogen-bond acceptors (Lipinski definition) is 5. The smallest absolute Gasteiger partial charge is 0.309 e. The van der Waals surface area contributed by atoms with E-state index >= 15 is 0 Å². The largest absolute Gasteiger partial charge is 0.493 e. The van der Waals surface area contributed by atoms with Crippen molar-refractivity contribution >= 4 is 17.8 Å². The van der Waals surface area contributed by atoms with Crippen LogP contribution in [0.25, 0.3) is 0 Å². The number of benzene rings is 1. The molecule has 25 heavy (non-hydrogen) atoms. The van der Waals surface area contributed by atoms with E-state index in [1.807, 2.05) is 31.2 Å². The molecule has 2 rings (SSSR count). The molecule has 0 saturated carbocycles. The Bertz CT molecular complexity index is 624. The number of amides is 2. The minimum atomic E-state index is -0.479. The molecule has 0 unspecified atom stereocenters. The summed E-state index contributed by atoms with van der Waals surface area (Å²) in [6.45, 7) is 2.78. The van der Waals surface area contributed by atoms with E-state index in [-0.39, 0.29) is 37.4 Å². The number of piperidine rings is 1. The van der Waals surface area contributed by atoms with Crippen molar-refractivity contribution in [3.05, 3.63) is 29.8 Å². The average Bonchev–Trinajstić information content (AvgIpc) is 2.60. The third kappa shape index (κ3) is 6.10. The van der Waals surface area contributed by atoms with Crippen molar-refractivity contribution < 1.29 is 23.9 Å². The maximum absolute atomic E-state index is 12.0. The van der Waals surface area contributed by atoms with Gasteiger partial charge in [-0.2, -0.15) is 0 Å². The van der Waals surface area contributed by atoms with Gasteiger partial charge in [-0.1, -0.05) is 12.1 Å². The predicted molar refractivity (Wildman–Crippen MR) is 90.7 cm³/mol. The van der Waals surface area contributed by atoms with Crippen molar-refractivity contribution in [3.63, 3.8) is 0 Å². The summed E-state index contributed by atoms with van der Waals surface area (Å²) in [5.74, 6) is -0.539. The average molecular weight is 348 g/mol. The molecule has 1 saturated heterocycles. The zero-order chi connectivity index (χ0) is 18.2. The number of rotatable bonds is 7. The van der Waals surface area contributed by atoms with Gasteiger partial charge in [0.2, 0.25) is 5.91 Å². The molecule has 136 valence electrons. The lowest BCUT2D eigenvalue weighted by molar-refractivity contribution is -0.153. The summed E-state index contributed by atoms with van der Waals surface area (Å²) in [5, 5.41) is 0. The molecule has 0 atom stereocenters. The number of likely N-dealkylation sites (tertiary alicyclic amines) is 1. The normalized spacial score (nSPS) is 14.8. The molecule has 1 aliphatic rings. The Morgan fingerprint density at radius 2 is 1.96 bits per heavy atom. The first-order valence-corrected chi connectivity index (χ1v) is 8.38. The third-order valence-corrected chi connectivity index (χ3v) is 4.17. The minimum Gasteiger partial charge on any atom is -0.493 e. The van der Waals surface area contributed by atoms with Crippen LogP contribution in [0.3, 0.4) is 0 Å². The number of carbonyl (C=O) groups excluding carboxylic acids is 3. The van der Waals surface area contributed by atoms with Crippen molar-refractivity contribution in [2.24, 2.45) is 11.7 Å². The number of carbonyl (C=O) groups is 3. The van der Waals surface area contributed by atoms with Crippen LogP contribution >= 0.6 is 0 Å². The second-order valence-corrected chi connectivity index (χ2v) is 6.13. The highest BCUT2D eigenvalue weighted by molar-refractivity contribution is 5.81. The Hall–Kier alpha value is -2.57. The quantitative estimate of drug-likeness (QED) is 0.742. The van der Waals surface area contributed by atoms with E-state index in [0.717, 1.165) is 5.56 Å². The number of esters is 1. The van der Waals surface area contributed by atoms with E-state index in [1.165, 1.54) is 0 Å². The number of primary amides is 1. The maximum atomic E-state index is 12.0. The number of hydrogen-bond donors (Lipinski definition) is 1. The van der Waals surface area contributed by atoms with Crippen LogP contribution < -0.4 is 10.5 Å². The first-order chi connectivity index (χ1) is 12.0. The van der Waals surface area contributed by atoms with Gasteiger partial charge in [-0.15, -0.1) is 0 Å². The van der Waals surface area contributed by atoms with Gasteiger partial charge in [-0.3, -0.25) is 14.4 Å². The van der Waals surface area contributed by atoms with E-state index in [1.54, 1.807) is 4.90 Å². The van der Waals surface area contributed by atoms with Crippen molar-refractivity contribution in [1.82, 2.24) is 4.90 Å². The lowest BCUT2D eigenvalue weighted by atomic mass is 9.96. The van der Waals surface area contributed by atoms with E-state index in [0.29, 0.717) is 31.7 Å². The summed E-state index contributed by atoms with van der Waals surface area (Å²) >= 11 is 0. The summed E-state index contributed by atoms with van der Waals surface area (Å²) in [5.41, 5.74) is 6.34. The Kier molecular flexibility index (Phi) is 6.80. The van der Waals surface area contributed by atoms with Crippen LogP contribution in [-0.2, 0) is 19.1 Å². The van der Waals surface area contributed by atoms with Gasteiger partial charge in [0, 0.05) is 19.0 Å². The first-order valence-electron chi connectivity index (χ1n) is 8.38. The van der Waals surface area contributed by atoms with Crippen molar-refractivity contribution in [1.29, 1.82) is 0 Å². The molecule has 2 amide bonds. The molecular weight excluding hydrogens is 324 g/mol. The fourth-order valence-corrected chi connectivity index (χ4v) is 2.68. The Morgan fingerprint density at radius 3 is 2.60 bits per heavy atom. The predicted octanol–water partition coefficient (Wildman–Crippen LogP) is 1.03. The molecule has 2 N–H and O–H groups in total. The minimum absolute atomic E-state index is 0.0744. The van der Waals surface area contributed by atoms with Gasteiger partial charge < -0.3 is 20.1 Å². The number of nitrogens with zero attached hydrogens (tertiary/aromatic N) is 1. The fraction of sp³-hybridized carbons (Fsp3) is 0.500.